The van der Waals surface area contributed by atoms with E-state index in [2.05, 4.69) is 21.5 Å². The molecule has 1 N–H and O–H groups in total. The van der Waals surface area contributed by atoms with Crippen molar-refractivity contribution < 1.29 is 9.66 Å². The second-order valence-corrected chi connectivity index (χ2v) is 7.23. The molecule has 0 saturated carbocycles. The van der Waals surface area contributed by atoms with Crippen molar-refractivity contribution in [2.45, 2.75) is 12.8 Å². The number of non-ortho nitro benzene ring substituents is 1. The molecule has 1 fully saturated rings. The van der Waals surface area contributed by atoms with Crippen molar-refractivity contribution in [3.63, 3.8) is 0 Å². The van der Waals surface area contributed by atoms with Gasteiger partial charge in [-0.1, -0.05) is 30.3 Å². The number of allylic oxidation sites excluding steroid dienone is 2. The minimum Gasteiger partial charge on any atom is -0.378 e. The largest absolute Gasteiger partial charge is 0.378 e. The van der Waals surface area contributed by atoms with Crippen LogP contribution in [-0.4, -0.2) is 42.3 Å². The molecule has 2 aromatic carbocycles. The summed E-state index contributed by atoms with van der Waals surface area (Å²) in [5, 5.41) is 15.6. The minimum atomic E-state index is -0.358. The predicted molar refractivity (Wildman–Crippen MR) is 118 cm³/mol. The molecule has 1 aliphatic carbocycles. The van der Waals surface area contributed by atoms with E-state index in [1.165, 1.54) is 17.3 Å². The molecule has 0 spiro atoms. The lowest BCUT2D eigenvalue weighted by Crippen LogP contribution is -2.36. The van der Waals surface area contributed by atoms with Crippen molar-refractivity contribution in [3.8, 4) is 0 Å². The first-order valence-electron chi connectivity index (χ1n) is 10.1. The Morgan fingerprint density at radius 1 is 1.07 bits per heavy atom. The van der Waals surface area contributed by atoms with Crippen LogP contribution in [0.5, 0.6) is 0 Å². The van der Waals surface area contributed by atoms with Crippen LogP contribution in [0.4, 0.5) is 11.4 Å². The average Bonchev–Trinajstić information content (AvgIpc) is 3.17. The van der Waals surface area contributed by atoms with Gasteiger partial charge in [-0.15, -0.1) is 0 Å². The van der Waals surface area contributed by atoms with E-state index < -0.39 is 0 Å². The Hall–Kier alpha value is -3.45. The highest BCUT2D eigenvalue weighted by Gasteiger charge is 2.25. The first kappa shape index (κ1) is 19.8. The highest BCUT2D eigenvalue weighted by atomic mass is 16.6. The summed E-state index contributed by atoms with van der Waals surface area (Å²) in [7, 11) is 0. The van der Waals surface area contributed by atoms with E-state index >= 15 is 0 Å². The highest BCUT2D eigenvalue weighted by Crippen LogP contribution is 2.35. The fourth-order valence-corrected chi connectivity index (χ4v) is 3.80. The summed E-state index contributed by atoms with van der Waals surface area (Å²) in [6.07, 6.45) is 5.71. The topological polar surface area (TPSA) is 80.0 Å². The lowest BCUT2D eigenvalue weighted by atomic mass is 10.1. The summed E-state index contributed by atoms with van der Waals surface area (Å²) in [6, 6.07) is 16.6. The number of ether oxygens (including phenoxy) is 1. The third-order valence-electron chi connectivity index (χ3n) is 5.21. The third-order valence-corrected chi connectivity index (χ3v) is 5.21. The number of hydrogen-bond acceptors (Lipinski definition) is 6. The molecule has 0 atom stereocenters. The molecular weight excluding hydrogens is 380 g/mol. The van der Waals surface area contributed by atoms with Gasteiger partial charge < -0.3 is 9.64 Å². The predicted octanol–water partition coefficient (Wildman–Crippen LogP) is 4.46. The van der Waals surface area contributed by atoms with E-state index in [-0.39, 0.29) is 10.6 Å². The molecule has 0 radical (unpaired) electrons. The average molecular weight is 404 g/mol. The molecule has 0 unspecified atom stereocenters. The molecule has 0 bridgehead atoms. The number of nitro benzene ring substituents is 1. The van der Waals surface area contributed by atoms with Crippen LogP contribution >= 0.6 is 0 Å². The maximum absolute atomic E-state index is 11.1. The van der Waals surface area contributed by atoms with Gasteiger partial charge in [0.1, 0.15) is 0 Å². The summed E-state index contributed by atoms with van der Waals surface area (Å²) in [4.78, 5) is 13.1. The van der Waals surface area contributed by atoms with E-state index in [4.69, 9.17) is 4.74 Å². The number of morpholine rings is 1. The van der Waals surface area contributed by atoms with Gasteiger partial charge >= 0.3 is 0 Å². The standard InChI is InChI=1S/C23H24N4O3/c28-27(29)22-8-4-5-18(16-22)15-19-9-10-20(23(19)26-11-13-30-14-12-26)17-24-25-21-6-2-1-3-7-21/h1-8,15-17,25H,9-14H2. The molecule has 30 heavy (non-hydrogen) atoms. The number of benzene rings is 2. The molecular formula is C23H24N4O3. The molecule has 1 heterocycles. The van der Waals surface area contributed by atoms with Crippen molar-refractivity contribution in [3.05, 3.63) is 87.1 Å². The number of nitrogens with zero attached hydrogens (tertiary/aromatic N) is 3. The van der Waals surface area contributed by atoms with Crippen LogP contribution in [0.15, 0.2) is 76.5 Å². The van der Waals surface area contributed by atoms with Gasteiger partial charge in [-0.2, -0.15) is 5.10 Å². The van der Waals surface area contributed by atoms with Gasteiger partial charge in [-0.05, 0) is 47.8 Å². The Labute approximate surface area is 175 Å². The minimum absolute atomic E-state index is 0.105. The Morgan fingerprint density at radius 2 is 1.87 bits per heavy atom. The maximum Gasteiger partial charge on any atom is 0.270 e. The van der Waals surface area contributed by atoms with Gasteiger partial charge in [0.25, 0.3) is 5.69 Å². The van der Waals surface area contributed by atoms with Crippen LogP contribution in [0, 0.1) is 10.1 Å². The van der Waals surface area contributed by atoms with Crippen LogP contribution < -0.4 is 5.43 Å². The maximum atomic E-state index is 11.1. The summed E-state index contributed by atoms with van der Waals surface area (Å²) in [5.41, 5.74) is 8.47. The molecule has 1 aliphatic heterocycles. The fraction of sp³-hybridized carbons (Fsp3) is 0.261. The van der Waals surface area contributed by atoms with Gasteiger partial charge in [0.05, 0.1) is 30.0 Å². The van der Waals surface area contributed by atoms with E-state index in [1.807, 2.05) is 42.6 Å². The van der Waals surface area contributed by atoms with E-state index in [1.54, 1.807) is 12.1 Å². The number of hydrazone groups is 1. The van der Waals surface area contributed by atoms with Gasteiger partial charge in [0.2, 0.25) is 0 Å². The molecule has 1 saturated heterocycles. The van der Waals surface area contributed by atoms with Crippen molar-refractivity contribution >= 4 is 23.7 Å². The van der Waals surface area contributed by atoms with Crippen LogP contribution in [0.25, 0.3) is 6.08 Å². The van der Waals surface area contributed by atoms with Crippen LogP contribution in [0.3, 0.4) is 0 Å². The van der Waals surface area contributed by atoms with Crippen LogP contribution in [0.1, 0.15) is 18.4 Å². The van der Waals surface area contributed by atoms with Gasteiger partial charge in [-0.3, -0.25) is 15.5 Å². The molecule has 2 aliphatic rings. The number of rotatable bonds is 6. The van der Waals surface area contributed by atoms with Crippen molar-refractivity contribution in [2.24, 2.45) is 5.10 Å². The third kappa shape index (κ3) is 4.75. The van der Waals surface area contributed by atoms with Crippen LogP contribution in [-0.2, 0) is 4.74 Å². The van der Waals surface area contributed by atoms with Gasteiger partial charge in [-0.25, -0.2) is 0 Å². The van der Waals surface area contributed by atoms with Crippen molar-refractivity contribution in [1.29, 1.82) is 0 Å². The van der Waals surface area contributed by atoms with Gasteiger partial charge in [0, 0.05) is 30.9 Å². The Kier molecular flexibility index (Phi) is 6.20. The number of para-hydroxylation sites is 1. The lowest BCUT2D eigenvalue weighted by Gasteiger charge is -2.31. The number of anilines is 1. The first-order chi connectivity index (χ1) is 14.7. The van der Waals surface area contributed by atoms with E-state index in [0.717, 1.165) is 42.8 Å². The Balaban J connectivity index is 1.63. The zero-order valence-corrected chi connectivity index (χ0v) is 16.7. The molecule has 7 heteroatoms. The lowest BCUT2D eigenvalue weighted by molar-refractivity contribution is -0.384. The fourth-order valence-electron chi connectivity index (χ4n) is 3.80. The van der Waals surface area contributed by atoms with Gasteiger partial charge in [0.15, 0.2) is 0 Å². The summed E-state index contributed by atoms with van der Waals surface area (Å²) in [6.45, 7) is 3.04. The molecule has 7 nitrogen and oxygen atoms in total. The second-order valence-electron chi connectivity index (χ2n) is 7.23. The zero-order valence-electron chi connectivity index (χ0n) is 16.7. The summed E-state index contributed by atoms with van der Waals surface area (Å²) in [5.74, 6) is 0. The second kappa shape index (κ2) is 9.37. The van der Waals surface area contributed by atoms with Crippen molar-refractivity contribution in [1.82, 2.24) is 4.90 Å². The SMILES string of the molecule is O=[N+]([O-])c1cccc(C=C2CCC(C=NNc3ccccc3)=C2N2CCOCC2)c1. The van der Waals surface area contributed by atoms with E-state index in [9.17, 15) is 10.1 Å². The summed E-state index contributed by atoms with van der Waals surface area (Å²) < 4.78 is 5.52. The Bertz CT molecular complexity index is 993. The van der Waals surface area contributed by atoms with E-state index in [0.29, 0.717) is 13.2 Å². The number of nitro groups is 1. The quantitative estimate of drug-likeness (QED) is 0.437. The monoisotopic (exact) mass is 404 g/mol. The smallest absolute Gasteiger partial charge is 0.270 e. The Morgan fingerprint density at radius 3 is 2.63 bits per heavy atom. The molecule has 0 aromatic heterocycles. The first-order valence-corrected chi connectivity index (χ1v) is 10.1. The highest BCUT2D eigenvalue weighted by molar-refractivity contribution is 5.84. The number of nitrogens with one attached hydrogen (secondary N) is 1. The molecule has 4 rings (SSSR count). The molecule has 0 amide bonds. The number of hydrogen-bond donors (Lipinski definition) is 1. The van der Waals surface area contributed by atoms with Crippen LogP contribution in [0.2, 0.25) is 0 Å². The normalized spacial score (nSPS) is 18.4. The molecule has 2 aromatic rings. The zero-order chi connectivity index (χ0) is 20.8. The molecule has 154 valence electrons. The summed E-state index contributed by atoms with van der Waals surface area (Å²) >= 11 is 0. The van der Waals surface area contributed by atoms with Crippen molar-refractivity contribution in [2.75, 3.05) is 31.7 Å².